The van der Waals surface area contributed by atoms with Gasteiger partial charge in [-0.3, -0.25) is 0 Å². The van der Waals surface area contributed by atoms with Crippen LogP contribution >= 0.6 is 0 Å². The molecule has 0 unspecified atom stereocenters. The summed E-state index contributed by atoms with van der Waals surface area (Å²) in [6.07, 6.45) is 0.415. The lowest BCUT2D eigenvalue weighted by Gasteiger charge is -2.31. The maximum absolute atomic E-state index is 13.2. The van der Waals surface area contributed by atoms with E-state index in [4.69, 9.17) is 4.74 Å². The second kappa shape index (κ2) is 7.22. The van der Waals surface area contributed by atoms with E-state index in [1.807, 2.05) is 0 Å². The summed E-state index contributed by atoms with van der Waals surface area (Å²) in [6.45, 7) is 2.72. The summed E-state index contributed by atoms with van der Waals surface area (Å²) < 4.78 is 57.8. The number of piperidine rings is 1. The lowest BCUT2D eigenvalue weighted by molar-refractivity contribution is 0.0966. The summed E-state index contributed by atoms with van der Waals surface area (Å²) >= 11 is 0. The summed E-state index contributed by atoms with van der Waals surface area (Å²) in [5, 5.41) is 0. The Hall–Kier alpha value is -1.74. The molecule has 1 aliphatic rings. The Bertz CT molecular complexity index is 673. The molecule has 0 aliphatic carbocycles. The van der Waals surface area contributed by atoms with Crippen molar-refractivity contribution in [3.63, 3.8) is 0 Å². The normalized spacial score (nSPS) is 16.4. The van der Waals surface area contributed by atoms with Gasteiger partial charge in [0.05, 0.1) is 11.5 Å². The molecule has 1 amide bonds. The zero-order chi connectivity index (χ0) is 17.0. The molecule has 0 atom stereocenters. The summed E-state index contributed by atoms with van der Waals surface area (Å²) in [5.41, 5.74) is 0. The number of hydrogen-bond donors (Lipinski definition) is 1. The van der Waals surface area contributed by atoms with Gasteiger partial charge in [0.15, 0.2) is 11.6 Å². The molecule has 6 nitrogen and oxygen atoms in total. The highest BCUT2D eigenvalue weighted by molar-refractivity contribution is 7.89. The molecule has 1 aromatic carbocycles. The second-order valence-corrected chi connectivity index (χ2v) is 6.87. The van der Waals surface area contributed by atoms with E-state index < -0.39 is 27.8 Å². The van der Waals surface area contributed by atoms with Gasteiger partial charge in [0.2, 0.25) is 10.0 Å². The number of likely N-dealkylation sites (tertiary alicyclic amines) is 1. The van der Waals surface area contributed by atoms with E-state index in [1.54, 1.807) is 6.92 Å². The molecule has 0 spiro atoms. The van der Waals surface area contributed by atoms with E-state index in [2.05, 4.69) is 4.72 Å². The van der Waals surface area contributed by atoms with Crippen LogP contribution in [0.1, 0.15) is 19.8 Å². The zero-order valence-corrected chi connectivity index (χ0v) is 13.4. The average Bonchev–Trinajstić information content (AvgIpc) is 2.50. The van der Waals surface area contributed by atoms with Gasteiger partial charge in [0, 0.05) is 19.1 Å². The quantitative estimate of drug-likeness (QED) is 0.901. The molecule has 0 aromatic heterocycles. The second-order valence-electron chi connectivity index (χ2n) is 5.16. The molecule has 0 bridgehead atoms. The third-order valence-corrected chi connectivity index (χ3v) is 5.06. The van der Waals surface area contributed by atoms with Crippen LogP contribution in [0.2, 0.25) is 0 Å². The molecule has 0 radical (unpaired) electrons. The first-order chi connectivity index (χ1) is 10.8. The number of benzene rings is 1. The van der Waals surface area contributed by atoms with E-state index in [1.165, 1.54) is 4.90 Å². The van der Waals surface area contributed by atoms with E-state index in [-0.39, 0.29) is 17.5 Å². The zero-order valence-electron chi connectivity index (χ0n) is 12.6. The van der Waals surface area contributed by atoms with Gasteiger partial charge in [-0.05, 0) is 38.0 Å². The number of nitrogens with one attached hydrogen (secondary N) is 1. The van der Waals surface area contributed by atoms with Crippen molar-refractivity contribution in [2.75, 3.05) is 19.7 Å². The van der Waals surface area contributed by atoms with Crippen LogP contribution in [-0.2, 0) is 14.8 Å². The fraction of sp³-hybridized carbons (Fsp3) is 0.500. The Morgan fingerprint density at radius 1 is 1.30 bits per heavy atom. The van der Waals surface area contributed by atoms with Gasteiger partial charge in [0.25, 0.3) is 0 Å². The maximum Gasteiger partial charge on any atom is 0.409 e. The largest absolute Gasteiger partial charge is 0.450 e. The lowest BCUT2D eigenvalue weighted by atomic mass is 10.1. The number of sulfonamides is 1. The van der Waals surface area contributed by atoms with Gasteiger partial charge < -0.3 is 9.64 Å². The van der Waals surface area contributed by atoms with Crippen molar-refractivity contribution in [3.8, 4) is 0 Å². The van der Waals surface area contributed by atoms with Gasteiger partial charge in [-0.15, -0.1) is 0 Å². The van der Waals surface area contributed by atoms with Crippen LogP contribution in [0.3, 0.4) is 0 Å². The summed E-state index contributed by atoms with van der Waals surface area (Å²) in [4.78, 5) is 12.7. The maximum atomic E-state index is 13.2. The van der Waals surface area contributed by atoms with Gasteiger partial charge in [-0.25, -0.2) is 26.7 Å². The van der Waals surface area contributed by atoms with Gasteiger partial charge >= 0.3 is 6.09 Å². The summed E-state index contributed by atoms with van der Waals surface area (Å²) in [5.74, 6) is -2.32. The predicted octanol–water partition coefficient (Wildman–Crippen LogP) is 1.86. The molecule has 128 valence electrons. The number of hydrogen-bond acceptors (Lipinski definition) is 4. The smallest absolute Gasteiger partial charge is 0.409 e. The number of halogens is 2. The van der Waals surface area contributed by atoms with Gasteiger partial charge in [0.1, 0.15) is 0 Å². The number of nitrogens with zero attached hydrogens (tertiary/aromatic N) is 1. The van der Waals surface area contributed by atoms with Crippen molar-refractivity contribution in [1.82, 2.24) is 9.62 Å². The van der Waals surface area contributed by atoms with Crippen molar-refractivity contribution < 1.29 is 26.7 Å². The number of carbonyl (C=O) groups is 1. The van der Waals surface area contributed by atoms with Crippen LogP contribution in [0.4, 0.5) is 13.6 Å². The molecule has 1 heterocycles. The van der Waals surface area contributed by atoms with Crippen molar-refractivity contribution in [3.05, 3.63) is 29.8 Å². The SMILES string of the molecule is CCOC(=O)N1CCC(NS(=O)(=O)c2ccc(F)c(F)c2)CC1. The number of ether oxygens (including phenoxy) is 1. The highest BCUT2D eigenvalue weighted by atomic mass is 32.2. The lowest BCUT2D eigenvalue weighted by Crippen LogP contribution is -2.46. The van der Waals surface area contributed by atoms with Gasteiger partial charge in [-0.1, -0.05) is 0 Å². The Balaban J connectivity index is 1.97. The molecule has 1 N–H and O–H groups in total. The minimum absolute atomic E-state index is 0.279. The Morgan fingerprint density at radius 3 is 2.52 bits per heavy atom. The molecular formula is C14H18F2N2O4S. The molecule has 0 saturated carbocycles. The predicted molar refractivity (Wildman–Crippen MR) is 78.3 cm³/mol. The standard InChI is InChI=1S/C14H18F2N2O4S/c1-2-22-14(19)18-7-5-10(6-8-18)17-23(20,21)11-3-4-12(15)13(16)9-11/h3-4,9-10,17H,2,5-8H2,1H3. The Morgan fingerprint density at radius 2 is 1.96 bits per heavy atom. The molecule has 2 rings (SSSR count). The Kier molecular flexibility index (Phi) is 5.53. The van der Waals surface area contributed by atoms with Crippen molar-refractivity contribution in [2.24, 2.45) is 0 Å². The topological polar surface area (TPSA) is 75.7 Å². The fourth-order valence-electron chi connectivity index (χ4n) is 2.33. The van der Waals surface area contributed by atoms with Gasteiger partial charge in [-0.2, -0.15) is 0 Å². The molecule has 23 heavy (non-hydrogen) atoms. The number of amides is 1. The van der Waals surface area contributed by atoms with E-state index in [0.717, 1.165) is 12.1 Å². The minimum Gasteiger partial charge on any atom is -0.450 e. The van der Waals surface area contributed by atoms with Crippen LogP contribution < -0.4 is 4.72 Å². The molecule has 1 aliphatic heterocycles. The first-order valence-electron chi connectivity index (χ1n) is 7.22. The van der Waals surface area contributed by atoms with E-state index in [9.17, 15) is 22.0 Å². The highest BCUT2D eigenvalue weighted by Crippen LogP contribution is 2.17. The average molecular weight is 348 g/mol. The van der Waals surface area contributed by atoms with Crippen LogP contribution in [0, 0.1) is 11.6 Å². The summed E-state index contributed by atoms with van der Waals surface area (Å²) in [6, 6.07) is 2.05. The van der Waals surface area contributed by atoms with Crippen LogP contribution in [0.5, 0.6) is 0 Å². The fourth-order valence-corrected chi connectivity index (χ4v) is 3.64. The van der Waals surface area contributed by atoms with Crippen LogP contribution in [0.25, 0.3) is 0 Å². The van der Waals surface area contributed by atoms with Crippen molar-refractivity contribution in [1.29, 1.82) is 0 Å². The Labute approximate surface area is 133 Å². The molecule has 1 saturated heterocycles. The van der Waals surface area contributed by atoms with Crippen molar-refractivity contribution >= 4 is 16.1 Å². The number of carbonyl (C=O) groups excluding carboxylic acids is 1. The number of rotatable bonds is 4. The third kappa shape index (κ3) is 4.38. The van der Waals surface area contributed by atoms with E-state index >= 15 is 0 Å². The molecule has 1 fully saturated rings. The van der Waals surface area contributed by atoms with E-state index in [0.29, 0.717) is 32.0 Å². The molecule has 9 heteroatoms. The van der Waals surface area contributed by atoms with Crippen LogP contribution in [-0.4, -0.2) is 45.1 Å². The first kappa shape index (κ1) is 17.6. The summed E-state index contributed by atoms with van der Waals surface area (Å²) in [7, 11) is -3.94. The molecule has 1 aromatic rings. The van der Waals surface area contributed by atoms with Crippen molar-refractivity contribution in [2.45, 2.75) is 30.7 Å². The highest BCUT2D eigenvalue weighted by Gasteiger charge is 2.27. The monoisotopic (exact) mass is 348 g/mol. The molecular weight excluding hydrogens is 330 g/mol. The third-order valence-electron chi connectivity index (χ3n) is 3.54. The minimum atomic E-state index is -3.94. The first-order valence-corrected chi connectivity index (χ1v) is 8.71. The van der Waals surface area contributed by atoms with Crippen LogP contribution in [0.15, 0.2) is 23.1 Å².